The molecule has 26 heavy (non-hydrogen) atoms. The van der Waals surface area contributed by atoms with E-state index in [1.807, 2.05) is 74.5 Å². The van der Waals surface area contributed by atoms with Crippen molar-refractivity contribution in [3.8, 4) is 0 Å². The minimum Gasteiger partial charge on any atom is -0.293 e. The average Bonchev–Trinajstić information content (AvgIpc) is 2.69. The average molecular weight is 342 g/mol. The van der Waals surface area contributed by atoms with E-state index < -0.39 is 5.92 Å². The Morgan fingerprint density at radius 1 is 0.654 bits per heavy atom. The summed E-state index contributed by atoms with van der Waals surface area (Å²) >= 11 is 0. The van der Waals surface area contributed by atoms with Crippen molar-refractivity contribution in [2.75, 3.05) is 0 Å². The minimum atomic E-state index is -0.748. The number of benzene rings is 3. The molecule has 0 aliphatic carbocycles. The van der Waals surface area contributed by atoms with E-state index in [1.54, 1.807) is 24.3 Å². The van der Waals surface area contributed by atoms with Crippen molar-refractivity contribution < 1.29 is 9.59 Å². The molecule has 3 aromatic rings. The van der Waals surface area contributed by atoms with Gasteiger partial charge in [-0.3, -0.25) is 9.59 Å². The number of Topliss-reactive ketones (excluding diaryl/α,β-unsaturated/α-hetero) is 2. The highest BCUT2D eigenvalue weighted by molar-refractivity contribution is 6.16. The first-order valence-corrected chi connectivity index (χ1v) is 8.83. The molecule has 0 N–H and O–H groups in total. The Hall–Kier alpha value is -3.00. The van der Waals surface area contributed by atoms with Crippen molar-refractivity contribution in [3.63, 3.8) is 0 Å². The molecule has 0 aliphatic heterocycles. The fraction of sp³-hybridized carbons (Fsp3) is 0.167. The van der Waals surface area contributed by atoms with Gasteiger partial charge in [-0.05, 0) is 18.4 Å². The summed E-state index contributed by atoms with van der Waals surface area (Å²) in [4.78, 5) is 26.4. The monoisotopic (exact) mass is 342 g/mol. The molecule has 2 nitrogen and oxygen atoms in total. The highest BCUT2D eigenvalue weighted by Crippen LogP contribution is 2.30. The third-order valence-corrected chi connectivity index (χ3v) is 4.78. The van der Waals surface area contributed by atoms with Gasteiger partial charge < -0.3 is 0 Å². The Morgan fingerprint density at radius 2 is 1.08 bits per heavy atom. The van der Waals surface area contributed by atoms with Crippen molar-refractivity contribution in [2.45, 2.75) is 19.8 Å². The van der Waals surface area contributed by atoms with Crippen LogP contribution in [0.5, 0.6) is 0 Å². The van der Waals surface area contributed by atoms with Crippen LogP contribution in [0.25, 0.3) is 0 Å². The maximum Gasteiger partial charge on any atom is 0.174 e. The van der Waals surface area contributed by atoms with Gasteiger partial charge in [0.05, 0.1) is 5.92 Å². The van der Waals surface area contributed by atoms with Gasteiger partial charge in [0.2, 0.25) is 0 Å². The van der Waals surface area contributed by atoms with Crippen LogP contribution in [0.3, 0.4) is 0 Å². The lowest BCUT2D eigenvalue weighted by Crippen LogP contribution is -2.29. The Bertz CT molecular complexity index is 829. The fourth-order valence-electron chi connectivity index (χ4n) is 3.20. The smallest absolute Gasteiger partial charge is 0.174 e. The fourth-order valence-corrected chi connectivity index (χ4v) is 3.20. The third-order valence-electron chi connectivity index (χ3n) is 4.78. The normalized spacial score (nSPS) is 12.0. The van der Waals surface area contributed by atoms with Gasteiger partial charge in [0.15, 0.2) is 11.6 Å². The number of rotatable bonds is 6. The maximum absolute atomic E-state index is 13.2. The predicted octanol–water partition coefficient (Wildman–Crippen LogP) is 5.48. The van der Waals surface area contributed by atoms with Crippen LogP contribution in [0.4, 0.5) is 0 Å². The van der Waals surface area contributed by atoms with Crippen LogP contribution in [0, 0.1) is 12.8 Å². The summed E-state index contributed by atoms with van der Waals surface area (Å²) in [6.45, 7) is 3.98. The van der Waals surface area contributed by atoms with Crippen LogP contribution in [-0.2, 0) is 0 Å². The van der Waals surface area contributed by atoms with Crippen LogP contribution in [0.15, 0.2) is 84.9 Å². The van der Waals surface area contributed by atoms with E-state index in [4.69, 9.17) is 0 Å². The molecule has 0 amide bonds. The molecular formula is C24H22O2. The van der Waals surface area contributed by atoms with Gasteiger partial charge in [0, 0.05) is 11.1 Å². The molecule has 130 valence electrons. The van der Waals surface area contributed by atoms with Gasteiger partial charge in [-0.15, -0.1) is 0 Å². The van der Waals surface area contributed by atoms with Gasteiger partial charge in [-0.2, -0.15) is 0 Å². The molecule has 3 aromatic carbocycles. The van der Waals surface area contributed by atoms with Crippen LogP contribution in [-0.4, -0.2) is 11.6 Å². The Labute approximate surface area is 154 Å². The van der Waals surface area contributed by atoms with E-state index in [2.05, 4.69) is 0 Å². The summed E-state index contributed by atoms with van der Waals surface area (Å²) in [5.41, 5.74) is 3.29. The maximum atomic E-state index is 13.2. The van der Waals surface area contributed by atoms with E-state index in [9.17, 15) is 9.59 Å². The number of aryl methyl sites for hydroxylation is 1. The van der Waals surface area contributed by atoms with Crippen molar-refractivity contribution >= 4 is 11.6 Å². The third kappa shape index (κ3) is 3.80. The highest BCUT2D eigenvalue weighted by Gasteiger charge is 2.34. The second-order valence-corrected chi connectivity index (χ2v) is 6.64. The van der Waals surface area contributed by atoms with Gasteiger partial charge in [0.1, 0.15) is 0 Å². The van der Waals surface area contributed by atoms with Crippen molar-refractivity contribution in [1.82, 2.24) is 0 Å². The SMILES string of the molecule is Cc1ccc(C(C)C(C(=O)c2ccccc2)C(=O)c2ccccc2)cc1. The van der Waals surface area contributed by atoms with Crippen LogP contribution in [0.1, 0.15) is 44.7 Å². The van der Waals surface area contributed by atoms with E-state index in [-0.39, 0.29) is 17.5 Å². The molecule has 0 heterocycles. The molecule has 0 radical (unpaired) electrons. The van der Waals surface area contributed by atoms with E-state index >= 15 is 0 Å². The zero-order valence-corrected chi connectivity index (χ0v) is 15.1. The molecule has 0 aliphatic rings. The zero-order valence-electron chi connectivity index (χ0n) is 15.1. The van der Waals surface area contributed by atoms with Crippen molar-refractivity contribution in [3.05, 3.63) is 107 Å². The topological polar surface area (TPSA) is 34.1 Å². The molecule has 3 rings (SSSR count). The van der Waals surface area contributed by atoms with Crippen LogP contribution < -0.4 is 0 Å². The molecule has 0 spiro atoms. The van der Waals surface area contributed by atoms with E-state index in [0.29, 0.717) is 11.1 Å². The molecule has 0 saturated heterocycles. The summed E-state index contributed by atoms with van der Waals surface area (Å²) in [5.74, 6) is -1.22. The lowest BCUT2D eigenvalue weighted by Gasteiger charge is -2.23. The molecule has 1 atom stereocenters. The number of hydrogen-bond acceptors (Lipinski definition) is 2. The van der Waals surface area contributed by atoms with Crippen molar-refractivity contribution in [2.24, 2.45) is 5.92 Å². The number of hydrogen-bond donors (Lipinski definition) is 0. The first-order valence-electron chi connectivity index (χ1n) is 8.83. The largest absolute Gasteiger partial charge is 0.293 e. The number of ketones is 2. The van der Waals surface area contributed by atoms with Gasteiger partial charge in [0.25, 0.3) is 0 Å². The summed E-state index contributed by atoms with van der Waals surface area (Å²) < 4.78 is 0. The summed E-state index contributed by atoms with van der Waals surface area (Å²) in [5, 5.41) is 0. The van der Waals surface area contributed by atoms with Crippen LogP contribution >= 0.6 is 0 Å². The Balaban J connectivity index is 2.02. The summed E-state index contributed by atoms with van der Waals surface area (Å²) in [6.07, 6.45) is 0. The Kier molecular flexibility index (Phi) is 5.43. The molecule has 1 unspecified atom stereocenters. The quantitative estimate of drug-likeness (QED) is 0.439. The molecular weight excluding hydrogens is 320 g/mol. The number of carbonyl (C=O) groups excluding carboxylic acids is 2. The first-order chi connectivity index (χ1) is 12.6. The molecule has 0 bridgehead atoms. The second kappa shape index (κ2) is 7.92. The number of carbonyl (C=O) groups is 2. The lowest BCUT2D eigenvalue weighted by molar-refractivity contribution is 0.0787. The first kappa shape index (κ1) is 17.8. The van der Waals surface area contributed by atoms with Gasteiger partial charge in [-0.1, -0.05) is 97.4 Å². The van der Waals surface area contributed by atoms with E-state index in [0.717, 1.165) is 11.1 Å². The van der Waals surface area contributed by atoms with Gasteiger partial charge >= 0.3 is 0 Å². The zero-order chi connectivity index (χ0) is 18.5. The predicted molar refractivity (Wildman–Crippen MR) is 105 cm³/mol. The minimum absolute atomic E-state index is 0.132. The van der Waals surface area contributed by atoms with Crippen LogP contribution in [0.2, 0.25) is 0 Å². The molecule has 0 fully saturated rings. The summed E-state index contributed by atoms with van der Waals surface area (Å²) in [6, 6.07) is 26.2. The molecule has 0 saturated carbocycles. The lowest BCUT2D eigenvalue weighted by atomic mass is 9.78. The Morgan fingerprint density at radius 3 is 1.50 bits per heavy atom. The van der Waals surface area contributed by atoms with Crippen molar-refractivity contribution in [1.29, 1.82) is 0 Å². The summed E-state index contributed by atoms with van der Waals surface area (Å²) in [7, 11) is 0. The molecule has 0 aromatic heterocycles. The molecule has 2 heteroatoms. The standard InChI is InChI=1S/C24H22O2/c1-17-13-15-19(16-14-17)18(2)22(23(25)20-9-5-3-6-10-20)24(26)21-11-7-4-8-12-21/h3-16,18,22H,1-2H3. The van der Waals surface area contributed by atoms with E-state index in [1.165, 1.54) is 0 Å². The second-order valence-electron chi connectivity index (χ2n) is 6.64. The van der Waals surface area contributed by atoms with Gasteiger partial charge in [-0.25, -0.2) is 0 Å². The highest BCUT2D eigenvalue weighted by atomic mass is 16.2.